The molecule has 0 spiro atoms. The minimum Gasteiger partial charge on any atom is -0.476 e. The third kappa shape index (κ3) is 2.00. The van der Waals surface area contributed by atoms with Gasteiger partial charge in [0.1, 0.15) is 5.82 Å². The SMILES string of the molecule is CNC(=O)Nc1nc(C)[nH]c1C(=O)O. The van der Waals surface area contributed by atoms with Crippen LogP contribution in [-0.4, -0.2) is 34.1 Å². The zero-order chi connectivity index (χ0) is 10.7. The number of carbonyl (C=O) groups excluding carboxylic acids is 1. The average molecular weight is 198 g/mol. The van der Waals surface area contributed by atoms with Crippen molar-refractivity contribution in [3.8, 4) is 0 Å². The second-order valence-corrected chi connectivity index (χ2v) is 2.56. The van der Waals surface area contributed by atoms with Crippen molar-refractivity contribution in [2.75, 3.05) is 12.4 Å². The Kier molecular flexibility index (Phi) is 2.70. The van der Waals surface area contributed by atoms with Crippen molar-refractivity contribution >= 4 is 17.8 Å². The van der Waals surface area contributed by atoms with Gasteiger partial charge in [-0.05, 0) is 6.92 Å². The lowest BCUT2D eigenvalue weighted by Gasteiger charge is -2.00. The van der Waals surface area contributed by atoms with Crippen LogP contribution < -0.4 is 10.6 Å². The van der Waals surface area contributed by atoms with E-state index in [2.05, 4.69) is 20.6 Å². The van der Waals surface area contributed by atoms with Crippen LogP contribution in [0.5, 0.6) is 0 Å². The molecule has 1 rings (SSSR count). The minimum atomic E-state index is -1.17. The lowest BCUT2D eigenvalue weighted by Crippen LogP contribution is -2.25. The number of imidazole rings is 1. The van der Waals surface area contributed by atoms with E-state index in [0.29, 0.717) is 5.82 Å². The van der Waals surface area contributed by atoms with Crippen LogP contribution in [-0.2, 0) is 0 Å². The van der Waals surface area contributed by atoms with E-state index in [-0.39, 0.29) is 11.5 Å². The summed E-state index contributed by atoms with van der Waals surface area (Å²) in [6.07, 6.45) is 0. The second kappa shape index (κ2) is 3.77. The highest BCUT2D eigenvalue weighted by atomic mass is 16.4. The molecular weight excluding hydrogens is 188 g/mol. The second-order valence-electron chi connectivity index (χ2n) is 2.56. The summed E-state index contributed by atoms with van der Waals surface area (Å²) in [7, 11) is 1.43. The van der Waals surface area contributed by atoms with Crippen molar-refractivity contribution in [1.82, 2.24) is 15.3 Å². The molecule has 0 radical (unpaired) electrons. The van der Waals surface area contributed by atoms with E-state index < -0.39 is 12.0 Å². The van der Waals surface area contributed by atoms with Crippen LogP contribution >= 0.6 is 0 Å². The van der Waals surface area contributed by atoms with E-state index in [0.717, 1.165) is 0 Å². The van der Waals surface area contributed by atoms with Gasteiger partial charge in [-0.25, -0.2) is 14.6 Å². The van der Waals surface area contributed by atoms with Crippen LogP contribution in [0.3, 0.4) is 0 Å². The topological polar surface area (TPSA) is 107 Å². The number of carboxylic acid groups (broad SMARTS) is 1. The van der Waals surface area contributed by atoms with Crippen LogP contribution in [0.4, 0.5) is 10.6 Å². The third-order valence-corrected chi connectivity index (χ3v) is 1.50. The predicted octanol–water partition coefficient (Wildman–Crippen LogP) is 0.168. The van der Waals surface area contributed by atoms with Gasteiger partial charge in [-0.2, -0.15) is 0 Å². The fraction of sp³-hybridized carbons (Fsp3) is 0.286. The molecule has 0 bridgehead atoms. The number of aryl methyl sites for hydroxylation is 1. The zero-order valence-electron chi connectivity index (χ0n) is 7.71. The molecule has 4 N–H and O–H groups in total. The van der Waals surface area contributed by atoms with Gasteiger partial charge in [0.2, 0.25) is 0 Å². The van der Waals surface area contributed by atoms with Crippen molar-refractivity contribution in [2.45, 2.75) is 6.92 Å². The summed E-state index contributed by atoms with van der Waals surface area (Å²) in [4.78, 5) is 27.9. The Balaban J connectivity index is 2.95. The molecule has 1 aromatic rings. The zero-order valence-corrected chi connectivity index (χ0v) is 7.71. The standard InChI is InChI=1S/C7H10N4O3/c1-3-9-4(6(12)13)5(10-3)11-7(14)8-2/h1-2H3,(H,9,10)(H,12,13)(H2,8,11,14). The molecule has 7 nitrogen and oxygen atoms in total. The maximum atomic E-state index is 10.9. The first-order valence-electron chi connectivity index (χ1n) is 3.83. The summed E-state index contributed by atoms with van der Waals surface area (Å²) in [6.45, 7) is 1.60. The van der Waals surface area contributed by atoms with E-state index in [1.165, 1.54) is 7.05 Å². The Morgan fingerprint density at radius 1 is 1.50 bits per heavy atom. The summed E-state index contributed by atoms with van der Waals surface area (Å²) in [5, 5.41) is 13.3. The fourth-order valence-corrected chi connectivity index (χ4v) is 0.907. The number of nitrogens with one attached hydrogen (secondary N) is 3. The summed E-state index contributed by atoms with van der Waals surface area (Å²) in [5.74, 6) is -0.736. The van der Waals surface area contributed by atoms with Crippen molar-refractivity contribution in [2.24, 2.45) is 0 Å². The first-order valence-corrected chi connectivity index (χ1v) is 3.83. The number of aromatic amines is 1. The number of carbonyl (C=O) groups is 2. The van der Waals surface area contributed by atoms with Gasteiger partial charge in [0.15, 0.2) is 11.5 Å². The quantitative estimate of drug-likeness (QED) is 0.543. The Morgan fingerprint density at radius 3 is 2.64 bits per heavy atom. The van der Waals surface area contributed by atoms with Gasteiger partial charge in [-0.1, -0.05) is 0 Å². The van der Waals surface area contributed by atoms with Crippen molar-refractivity contribution < 1.29 is 14.7 Å². The Labute approximate surface area is 79.5 Å². The number of hydrogen-bond acceptors (Lipinski definition) is 3. The molecule has 0 unspecified atom stereocenters. The van der Waals surface area contributed by atoms with E-state index in [1.54, 1.807) is 6.92 Å². The monoisotopic (exact) mass is 198 g/mol. The Hall–Kier alpha value is -2.05. The maximum Gasteiger partial charge on any atom is 0.356 e. The van der Waals surface area contributed by atoms with E-state index >= 15 is 0 Å². The fourth-order valence-electron chi connectivity index (χ4n) is 0.907. The largest absolute Gasteiger partial charge is 0.476 e. The Morgan fingerprint density at radius 2 is 2.14 bits per heavy atom. The van der Waals surface area contributed by atoms with Crippen LogP contribution in [0.1, 0.15) is 16.3 Å². The normalized spacial score (nSPS) is 9.57. The molecule has 1 aromatic heterocycles. The summed E-state index contributed by atoms with van der Waals surface area (Å²) < 4.78 is 0. The van der Waals surface area contributed by atoms with Crippen molar-refractivity contribution in [3.05, 3.63) is 11.5 Å². The first-order chi connectivity index (χ1) is 6.54. The molecule has 2 amide bonds. The van der Waals surface area contributed by atoms with Gasteiger partial charge < -0.3 is 15.4 Å². The van der Waals surface area contributed by atoms with E-state index in [4.69, 9.17) is 5.11 Å². The molecule has 0 saturated carbocycles. The first kappa shape index (κ1) is 10.0. The summed E-state index contributed by atoms with van der Waals surface area (Å²) in [5.41, 5.74) is -0.133. The average Bonchev–Trinajstić information content (AvgIpc) is 2.46. The lowest BCUT2D eigenvalue weighted by molar-refractivity contribution is 0.0692. The molecule has 0 atom stereocenters. The number of nitrogens with zero attached hydrogens (tertiary/aromatic N) is 1. The van der Waals surface area contributed by atoms with Crippen molar-refractivity contribution in [3.63, 3.8) is 0 Å². The van der Waals surface area contributed by atoms with Gasteiger partial charge in [-0.3, -0.25) is 5.32 Å². The van der Waals surface area contributed by atoms with Crippen LogP contribution in [0, 0.1) is 6.92 Å². The maximum absolute atomic E-state index is 10.9. The number of amides is 2. The third-order valence-electron chi connectivity index (χ3n) is 1.50. The molecule has 1 heterocycles. The van der Waals surface area contributed by atoms with Crippen LogP contribution in [0.15, 0.2) is 0 Å². The highest BCUT2D eigenvalue weighted by molar-refractivity contribution is 5.97. The number of rotatable bonds is 2. The summed E-state index contributed by atoms with van der Waals surface area (Å²) in [6, 6.07) is -0.515. The van der Waals surface area contributed by atoms with Gasteiger partial charge in [0, 0.05) is 7.05 Å². The van der Waals surface area contributed by atoms with Crippen molar-refractivity contribution in [1.29, 1.82) is 0 Å². The van der Waals surface area contributed by atoms with Crippen LogP contribution in [0.2, 0.25) is 0 Å². The molecule has 7 heteroatoms. The number of H-pyrrole nitrogens is 1. The molecule has 76 valence electrons. The minimum absolute atomic E-state index is 0.00866. The number of aromatic carboxylic acids is 1. The van der Waals surface area contributed by atoms with E-state index in [1.807, 2.05) is 0 Å². The van der Waals surface area contributed by atoms with Gasteiger partial charge >= 0.3 is 12.0 Å². The molecule has 0 aromatic carbocycles. The lowest BCUT2D eigenvalue weighted by atomic mass is 10.4. The van der Waals surface area contributed by atoms with Gasteiger partial charge in [-0.15, -0.1) is 0 Å². The van der Waals surface area contributed by atoms with Gasteiger partial charge in [0.05, 0.1) is 0 Å². The molecule has 14 heavy (non-hydrogen) atoms. The summed E-state index contributed by atoms with van der Waals surface area (Å²) >= 11 is 0. The highest BCUT2D eigenvalue weighted by Gasteiger charge is 2.16. The number of urea groups is 1. The number of hydrogen-bond donors (Lipinski definition) is 4. The van der Waals surface area contributed by atoms with Gasteiger partial charge in [0.25, 0.3) is 0 Å². The number of aromatic nitrogens is 2. The number of carboxylic acids is 1. The predicted molar refractivity (Wildman–Crippen MR) is 48.4 cm³/mol. The van der Waals surface area contributed by atoms with Crippen LogP contribution in [0.25, 0.3) is 0 Å². The van der Waals surface area contributed by atoms with E-state index in [9.17, 15) is 9.59 Å². The highest BCUT2D eigenvalue weighted by Crippen LogP contribution is 2.11. The molecule has 0 aliphatic heterocycles. The number of anilines is 1. The Bertz CT molecular complexity index is 371. The molecule has 0 fully saturated rings. The molecule has 0 aliphatic carbocycles. The molecular formula is C7H10N4O3. The molecule has 0 saturated heterocycles. The smallest absolute Gasteiger partial charge is 0.356 e. The molecule has 0 aliphatic rings.